The Bertz CT molecular complexity index is 986. The molecule has 1 unspecified atom stereocenters. The number of ketones is 1. The van der Waals surface area contributed by atoms with Crippen molar-refractivity contribution in [2.75, 3.05) is 5.32 Å². The number of para-hydroxylation sites is 2. The molecule has 0 saturated carbocycles. The van der Waals surface area contributed by atoms with Gasteiger partial charge in [0.15, 0.2) is 11.7 Å². The van der Waals surface area contributed by atoms with Crippen LogP contribution in [0.25, 0.3) is 11.0 Å². The number of nitrogens with zero attached hydrogens (tertiary/aromatic N) is 2. The zero-order valence-corrected chi connectivity index (χ0v) is 13.2. The number of hydrogen-bond donors (Lipinski definition) is 2. The maximum Gasteiger partial charge on any atom is 0.221 e. The molecule has 1 atom stereocenters. The number of hydrogen-bond acceptors (Lipinski definition) is 4. The summed E-state index contributed by atoms with van der Waals surface area (Å²) in [4.78, 5) is 31.0. The van der Waals surface area contributed by atoms with E-state index in [1.165, 1.54) is 19.1 Å². The Morgan fingerprint density at radius 2 is 2.04 bits per heavy atom. The summed E-state index contributed by atoms with van der Waals surface area (Å²) in [5, 5.41) is 11.7. The van der Waals surface area contributed by atoms with Crippen LogP contribution in [-0.2, 0) is 4.79 Å². The van der Waals surface area contributed by atoms with Crippen molar-refractivity contribution in [1.82, 2.24) is 9.97 Å². The second-order valence-electron chi connectivity index (χ2n) is 5.44. The lowest BCUT2D eigenvalue weighted by atomic mass is 9.97. The van der Waals surface area contributed by atoms with Crippen LogP contribution < -0.4 is 5.32 Å². The van der Waals surface area contributed by atoms with Gasteiger partial charge >= 0.3 is 0 Å². The van der Waals surface area contributed by atoms with E-state index < -0.39 is 23.4 Å². The maximum atomic E-state index is 13.7. The first-order valence-corrected chi connectivity index (χ1v) is 7.45. The van der Waals surface area contributed by atoms with Crippen LogP contribution in [0.15, 0.2) is 42.5 Å². The van der Waals surface area contributed by atoms with Crippen LogP contribution in [0.3, 0.4) is 0 Å². The number of nitriles is 1. The SMILES string of the molecule is CC(=O)Nc1cc(C(=O)C(C#N)c2nc3ccccc3[nH]2)ccc1F. The molecule has 0 radical (unpaired) electrons. The molecule has 7 heteroatoms. The number of carbonyl (C=O) groups is 2. The summed E-state index contributed by atoms with van der Waals surface area (Å²) in [5.41, 5.74) is 1.35. The van der Waals surface area contributed by atoms with E-state index in [0.29, 0.717) is 11.0 Å². The van der Waals surface area contributed by atoms with Crippen LogP contribution in [0.5, 0.6) is 0 Å². The summed E-state index contributed by atoms with van der Waals surface area (Å²) in [6.45, 7) is 1.24. The molecule has 0 fully saturated rings. The predicted octanol–water partition coefficient (Wildman–Crippen LogP) is 3.15. The minimum atomic E-state index is -1.16. The Balaban J connectivity index is 1.97. The second-order valence-corrected chi connectivity index (χ2v) is 5.44. The zero-order valence-electron chi connectivity index (χ0n) is 13.2. The van der Waals surface area contributed by atoms with Crippen molar-refractivity contribution in [2.45, 2.75) is 12.8 Å². The number of benzene rings is 2. The van der Waals surface area contributed by atoms with Gasteiger partial charge in [0.2, 0.25) is 5.91 Å². The maximum absolute atomic E-state index is 13.7. The highest BCUT2D eigenvalue weighted by molar-refractivity contribution is 6.03. The van der Waals surface area contributed by atoms with Crippen molar-refractivity contribution in [3.05, 3.63) is 59.7 Å². The van der Waals surface area contributed by atoms with Gasteiger partial charge in [0, 0.05) is 12.5 Å². The van der Waals surface area contributed by atoms with Crippen molar-refractivity contribution < 1.29 is 14.0 Å². The average Bonchev–Trinajstić information content (AvgIpc) is 3.00. The Morgan fingerprint density at radius 1 is 1.28 bits per heavy atom. The predicted molar refractivity (Wildman–Crippen MR) is 89.5 cm³/mol. The fraction of sp³-hybridized carbons (Fsp3) is 0.111. The summed E-state index contributed by atoms with van der Waals surface area (Å²) in [6, 6.07) is 12.7. The van der Waals surface area contributed by atoms with E-state index in [0.717, 1.165) is 6.07 Å². The number of nitrogens with one attached hydrogen (secondary N) is 2. The normalized spacial score (nSPS) is 11.7. The first-order chi connectivity index (χ1) is 12.0. The molecular formula is C18H13FN4O2. The topological polar surface area (TPSA) is 98.6 Å². The molecule has 3 aromatic rings. The highest BCUT2D eigenvalue weighted by Crippen LogP contribution is 2.24. The Morgan fingerprint density at radius 3 is 2.72 bits per heavy atom. The van der Waals surface area contributed by atoms with Gasteiger partial charge in [-0.1, -0.05) is 12.1 Å². The molecule has 0 saturated heterocycles. The van der Waals surface area contributed by atoms with E-state index in [1.54, 1.807) is 18.2 Å². The molecule has 0 aliphatic heterocycles. The number of carbonyl (C=O) groups excluding carboxylic acids is 2. The highest BCUT2D eigenvalue weighted by Gasteiger charge is 2.25. The Hall–Kier alpha value is -3.53. The van der Waals surface area contributed by atoms with Crippen LogP contribution in [0.4, 0.5) is 10.1 Å². The van der Waals surface area contributed by atoms with Gasteiger partial charge in [-0.25, -0.2) is 9.37 Å². The van der Waals surface area contributed by atoms with Crippen molar-refractivity contribution in [1.29, 1.82) is 5.26 Å². The fourth-order valence-electron chi connectivity index (χ4n) is 2.48. The largest absolute Gasteiger partial charge is 0.340 e. The third-order valence-electron chi connectivity index (χ3n) is 3.63. The average molecular weight is 336 g/mol. The van der Waals surface area contributed by atoms with Crippen LogP contribution >= 0.6 is 0 Å². The second kappa shape index (κ2) is 6.53. The number of aromatic amines is 1. The molecule has 3 rings (SSSR count). The Kier molecular flexibility index (Phi) is 4.27. The summed E-state index contributed by atoms with van der Waals surface area (Å²) in [5.74, 6) is -2.60. The van der Waals surface area contributed by atoms with Crippen molar-refractivity contribution in [2.24, 2.45) is 0 Å². The molecule has 6 nitrogen and oxygen atoms in total. The molecule has 124 valence electrons. The minimum absolute atomic E-state index is 0.108. The molecule has 2 aromatic carbocycles. The van der Waals surface area contributed by atoms with Crippen LogP contribution in [-0.4, -0.2) is 21.7 Å². The third-order valence-corrected chi connectivity index (χ3v) is 3.63. The molecule has 2 N–H and O–H groups in total. The van der Waals surface area contributed by atoms with Gasteiger partial charge in [-0.3, -0.25) is 9.59 Å². The quantitative estimate of drug-likeness (QED) is 0.715. The monoisotopic (exact) mass is 336 g/mol. The zero-order chi connectivity index (χ0) is 18.0. The van der Waals surface area contributed by atoms with Gasteiger partial charge in [-0.15, -0.1) is 0 Å². The summed E-state index contributed by atoms with van der Waals surface area (Å²) >= 11 is 0. The van der Waals surface area contributed by atoms with Crippen molar-refractivity contribution >= 4 is 28.4 Å². The van der Waals surface area contributed by atoms with Gasteiger partial charge in [0.25, 0.3) is 0 Å². The molecule has 1 aromatic heterocycles. The van der Waals surface area contributed by atoms with E-state index in [-0.39, 0.29) is 17.1 Å². The number of rotatable bonds is 4. The lowest BCUT2D eigenvalue weighted by Gasteiger charge is -2.09. The highest BCUT2D eigenvalue weighted by atomic mass is 19.1. The smallest absolute Gasteiger partial charge is 0.221 e. The van der Waals surface area contributed by atoms with Crippen LogP contribution in [0.2, 0.25) is 0 Å². The summed E-state index contributed by atoms with van der Waals surface area (Å²) in [7, 11) is 0. The number of Topliss-reactive ketones (excluding diaryl/α,β-unsaturated/α-hetero) is 1. The first kappa shape index (κ1) is 16.3. The molecule has 0 aliphatic carbocycles. The minimum Gasteiger partial charge on any atom is -0.340 e. The Labute approximate surface area is 142 Å². The van der Waals surface area contributed by atoms with Gasteiger partial charge < -0.3 is 10.3 Å². The van der Waals surface area contributed by atoms with Crippen LogP contribution in [0.1, 0.15) is 29.0 Å². The molecule has 0 spiro atoms. The van der Waals surface area contributed by atoms with Gasteiger partial charge in [-0.05, 0) is 30.3 Å². The summed E-state index contributed by atoms with van der Waals surface area (Å²) < 4.78 is 13.7. The molecule has 1 heterocycles. The molecular weight excluding hydrogens is 323 g/mol. The third kappa shape index (κ3) is 3.23. The number of imidazole rings is 1. The van der Waals surface area contributed by atoms with E-state index in [1.807, 2.05) is 12.1 Å². The van der Waals surface area contributed by atoms with E-state index in [4.69, 9.17) is 0 Å². The number of amides is 1. The number of aromatic nitrogens is 2. The lowest BCUT2D eigenvalue weighted by molar-refractivity contribution is -0.114. The van der Waals surface area contributed by atoms with E-state index in [2.05, 4.69) is 15.3 Å². The number of anilines is 1. The van der Waals surface area contributed by atoms with Gasteiger partial charge in [0.05, 0.1) is 22.8 Å². The standard InChI is InChI=1S/C18H13FN4O2/c1-10(24)21-16-8-11(6-7-13(16)19)17(25)12(9-20)18-22-14-4-2-3-5-15(14)23-18/h2-8,12H,1H3,(H,21,24)(H,22,23). The lowest BCUT2D eigenvalue weighted by Crippen LogP contribution is -2.14. The van der Waals surface area contributed by atoms with Crippen LogP contribution in [0, 0.1) is 17.1 Å². The van der Waals surface area contributed by atoms with E-state index in [9.17, 15) is 19.2 Å². The van der Waals surface area contributed by atoms with Gasteiger partial charge in [0.1, 0.15) is 11.6 Å². The molecule has 1 amide bonds. The molecule has 0 aliphatic rings. The number of H-pyrrole nitrogens is 1. The van der Waals surface area contributed by atoms with Crippen molar-refractivity contribution in [3.8, 4) is 6.07 Å². The van der Waals surface area contributed by atoms with E-state index >= 15 is 0 Å². The number of halogens is 1. The molecule has 0 bridgehead atoms. The van der Waals surface area contributed by atoms with Gasteiger partial charge in [-0.2, -0.15) is 5.26 Å². The fourth-order valence-corrected chi connectivity index (χ4v) is 2.48. The summed E-state index contributed by atoms with van der Waals surface area (Å²) in [6.07, 6.45) is 0. The number of fused-ring (bicyclic) bond motifs is 1. The molecule has 25 heavy (non-hydrogen) atoms. The van der Waals surface area contributed by atoms with Crippen molar-refractivity contribution in [3.63, 3.8) is 0 Å². The first-order valence-electron chi connectivity index (χ1n) is 7.45.